The predicted octanol–water partition coefficient (Wildman–Crippen LogP) is 4.96. The maximum atomic E-state index is 13.3. The van der Waals surface area contributed by atoms with Crippen LogP contribution < -0.4 is 10.1 Å². The Morgan fingerprint density at radius 3 is 2.31 bits per heavy atom. The first-order chi connectivity index (χ1) is 15.1. The summed E-state index contributed by atoms with van der Waals surface area (Å²) >= 11 is 1.58. The minimum atomic E-state index is -0.525. The number of carbonyl (C=O) groups excluding carboxylic acids is 2. The summed E-state index contributed by atoms with van der Waals surface area (Å²) in [5.41, 5.74) is 3.05. The SMILES string of the molecule is CCC(C(=O)NC(C)(C)C)N(Cc1ccc(OC)cc1)C(=O)CSCc1ccccc1C. The number of methoxy groups -OCH3 is 1. The highest BCUT2D eigenvalue weighted by atomic mass is 32.2. The van der Waals surface area contributed by atoms with E-state index in [1.165, 1.54) is 11.1 Å². The van der Waals surface area contributed by atoms with E-state index in [4.69, 9.17) is 4.74 Å². The van der Waals surface area contributed by atoms with Crippen molar-refractivity contribution >= 4 is 23.6 Å². The van der Waals surface area contributed by atoms with Crippen LogP contribution in [0.4, 0.5) is 0 Å². The molecule has 6 heteroatoms. The number of hydrogen-bond acceptors (Lipinski definition) is 4. The molecule has 0 saturated heterocycles. The second kappa shape index (κ2) is 12.0. The summed E-state index contributed by atoms with van der Waals surface area (Å²) in [6, 6.07) is 15.3. The van der Waals surface area contributed by atoms with Gasteiger partial charge >= 0.3 is 0 Å². The van der Waals surface area contributed by atoms with Gasteiger partial charge in [0, 0.05) is 17.8 Å². The minimum Gasteiger partial charge on any atom is -0.497 e. The molecule has 1 N–H and O–H groups in total. The molecule has 0 radical (unpaired) electrons. The van der Waals surface area contributed by atoms with E-state index in [1.807, 2.05) is 64.1 Å². The summed E-state index contributed by atoms with van der Waals surface area (Å²) in [4.78, 5) is 28.1. The van der Waals surface area contributed by atoms with Crippen molar-refractivity contribution in [3.05, 3.63) is 65.2 Å². The molecule has 0 aliphatic carbocycles. The number of hydrogen-bond donors (Lipinski definition) is 1. The molecule has 32 heavy (non-hydrogen) atoms. The lowest BCUT2D eigenvalue weighted by molar-refractivity contribution is -0.140. The molecule has 2 aromatic carbocycles. The second-order valence-corrected chi connectivity index (χ2v) is 9.94. The van der Waals surface area contributed by atoms with Crippen molar-refractivity contribution in [2.24, 2.45) is 0 Å². The molecule has 1 atom stereocenters. The van der Waals surface area contributed by atoms with Crippen LogP contribution in [-0.4, -0.2) is 41.2 Å². The van der Waals surface area contributed by atoms with Gasteiger partial charge in [0.15, 0.2) is 0 Å². The average molecular weight is 457 g/mol. The van der Waals surface area contributed by atoms with Crippen molar-refractivity contribution in [3.63, 3.8) is 0 Å². The highest BCUT2D eigenvalue weighted by Crippen LogP contribution is 2.20. The zero-order valence-corrected chi connectivity index (χ0v) is 20.9. The second-order valence-electron chi connectivity index (χ2n) is 8.95. The summed E-state index contributed by atoms with van der Waals surface area (Å²) in [5, 5.41) is 3.04. The Morgan fingerprint density at radius 1 is 1.09 bits per heavy atom. The largest absolute Gasteiger partial charge is 0.497 e. The van der Waals surface area contributed by atoms with Gasteiger partial charge in [-0.1, -0.05) is 43.3 Å². The number of amides is 2. The van der Waals surface area contributed by atoms with Crippen LogP contribution in [0.15, 0.2) is 48.5 Å². The van der Waals surface area contributed by atoms with Crippen LogP contribution in [0.2, 0.25) is 0 Å². The molecule has 0 aromatic heterocycles. The van der Waals surface area contributed by atoms with Crippen LogP contribution in [0, 0.1) is 6.92 Å². The van der Waals surface area contributed by atoms with Gasteiger partial charge in [0.05, 0.1) is 12.9 Å². The number of benzene rings is 2. The van der Waals surface area contributed by atoms with Gasteiger partial charge in [-0.05, 0) is 62.9 Å². The highest BCUT2D eigenvalue weighted by molar-refractivity contribution is 7.99. The normalized spacial score (nSPS) is 12.2. The maximum Gasteiger partial charge on any atom is 0.243 e. The van der Waals surface area contributed by atoms with E-state index in [0.29, 0.717) is 18.7 Å². The lowest BCUT2D eigenvalue weighted by Crippen LogP contribution is -2.53. The Balaban J connectivity index is 2.17. The summed E-state index contributed by atoms with van der Waals surface area (Å²) in [5.74, 6) is 1.70. The van der Waals surface area contributed by atoms with Crippen LogP contribution in [0.25, 0.3) is 0 Å². The molecule has 0 aliphatic heterocycles. The lowest BCUT2D eigenvalue weighted by Gasteiger charge is -2.33. The van der Waals surface area contributed by atoms with Gasteiger partial charge in [-0.3, -0.25) is 9.59 Å². The Morgan fingerprint density at radius 2 is 1.75 bits per heavy atom. The fourth-order valence-electron chi connectivity index (χ4n) is 3.40. The Kier molecular flexibility index (Phi) is 9.63. The summed E-state index contributed by atoms with van der Waals surface area (Å²) in [6.07, 6.45) is 0.548. The number of nitrogens with zero attached hydrogens (tertiary/aromatic N) is 1. The first kappa shape index (κ1) is 25.8. The number of carbonyl (C=O) groups is 2. The molecular weight excluding hydrogens is 420 g/mol. The van der Waals surface area contributed by atoms with Crippen LogP contribution in [-0.2, 0) is 21.9 Å². The third kappa shape index (κ3) is 7.90. The Hall–Kier alpha value is -2.47. The first-order valence-electron chi connectivity index (χ1n) is 11.0. The molecule has 174 valence electrons. The number of rotatable bonds is 10. The summed E-state index contributed by atoms with van der Waals surface area (Å²) < 4.78 is 5.24. The summed E-state index contributed by atoms with van der Waals surface area (Å²) in [6.45, 7) is 10.3. The molecule has 2 aromatic rings. The molecule has 0 aliphatic rings. The number of aryl methyl sites for hydroxylation is 1. The standard InChI is InChI=1S/C26H36N2O3S/c1-7-23(25(30)27-26(3,4)5)28(16-20-12-14-22(31-6)15-13-20)24(29)18-32-17-21-11-9-8-10-19(21)2/h8-15,23H,7,16-18H2,1-6H3,(H,27,30). The zero-order chi connectivity index (χ0) is 23.7. The lowest BCUT2D eigenvalue weighted by atomic mass is 10.1. The quantitative estimate of drug-likeness (QED) is 0.549. The van der Waals surface area contributed by atoms with Gasteiger partial charge in [0.2, 0.25) is 11.8 Å². The number of nitrogens with one attached hydrogen (secondary N) is 1. The van der Waals surface area contributed by atoms with E-state index in [2.05, 4.69) is 24.4 Å². The van der Waals surface area contributed by atoms with Gasteiger partial charge in [0.1, 0.15) is 11.8 Å². The topological polar surface area (TPSA) is 58.6 Å². The first-order valence-corrected chi connectivity index (χ1v) is 12.2. The van der Waals surface area contributed by atoms with Crippen molar-refractivity contribution in [2.75, 3.05) is 12.9 Å². The molecule has 0 heterocycles. The minimum absolute atomic E-state index is 0.0321. The predicted molar refractivity (Wildman–Crippen MR) is 133 cm³/mol. The maximum absolute atomic E-state index is 13.3. The molecule has 2 amide bonds. The molecule has 0 bridgehead atoms. The Bertz CT molecular complexity index is 891. The molecule has 1 unspecified atom stereocenters. The third-order valence-electron chi connectivity index (χ3n) is 5.14. The van der Waals surface area contributed by atoms with Crippen molar-refractivity contribution in [1.29, 1.82) is 0 Å². The van der Waals surface area contributed by atoms with E-state index >= 15 is 0 Å². The van der Waals surface area contributed by atoms with Crippen LogP contribution in [0.5, 0.6) is 5.75 Å². The Labute approximate surface area is 196 Å². The van der Waals surface area contributed by atoms with Crippen LogP contribution in [0.3, 0.4) is 0 Å². The fourth-order valence-corrected chi connectivity index (χ4v) is 4.39. The third-order valence-corrected chi connectivity index (χ3v) is 6.11. The molecular formula is C26H36N2O3S. The van der Waals surface area contributed by atoms with E-state index in [1.54, 1.807) is 23.8 Å². The smallest absolute Gasteiger partial charge is 0.243 e. The van der Waals surface area contributed by atoms with Gasteiger partial charge in [-0.25, -0.2) is 0 Å². The van der Waals surface area contributed by atoms with E-state index in [-0.39, 0.29) is 17.4 Å². The number of ether oxygens (including phenoxy) is 1. The molecule has 2 rings (SSSR count). The van der Waals surface area contributed by atoms with E-state index in [0.717, 1.165) is 17.1 Å². The van der Waals surface area contributed by atoms with Gasteiger partial charge < -0.3 is 15.0 Å². The van der Waals surface area contributed by atoms with E-state index < -0.39 is 6.04 Å². The van der Waals surface area contributed by atoms with Crippen molar-refractivity contribution < 1.29 is 14.3 Å². The highest BCUT2D eigenvalue weighted by Gasteiger charge is 2.30. The molecule has 0 fully saturated rings. The zero-order valence-electron chi connectivity index (χ0n) is 20.1. The fraction of sp³-hybridized carbons (Fsp3) is 0.462. The van der Waals surface area contributed by atoms with E-state index in [9.17, 15) is 9.59 Å². The van der Waals surface area contributed by atoms with Gasteiger partial charge in [-0.2, -0.15) is 0 Å². The monoisotopic (exact) mass is 456 g/mol. The molecule has 0 spiro atoms. The average Bonchev–Trinajstić information content (AvgIpc) is 2.74. The van der Waals surface area contributed by atoms with Crippen LogP contribution in [0.1, 0.15) is 50.8 Å². The van der Waals surface area contributed by atoms with Crippen LogP contribution >= 0.6 is 11.8 Å². The van der Waals surface area contributed by atoms with Crippen molar-refractivity contribution in [2.45, 2.75) is 64.9 Å². The van der Waals surface area contributed by atoms with Crippen molar-refractivity contribution in [3.8, 4) is 5.75 Å². The van der Waals surface area contributed by atoms with Crippen molar-refractivity contribution in [1.82, 2.24) is 10.2 Å². The molecule has 0 saturated carbocycles. The van der Waals surface area contributed by atoms with Gasteiger partial charge in [0.25, 0.3) is 0 Å². The van der Waals surface area contributed by atoms with Gasteiger partial charge in [-0.15, -0.1) is 11.8 Å². The number of thioether (sulfide) groups is 1. The summed E-state index contributed by atoms with van der Waals surface area (Å²) in [7, 11) is 1.63. The molecule has 5 nitrogen and oxygen atoms in total.